The lowest BCUT2D eigenvalue weighted by molar-refractivity contribution is 0.306. The second-order valence-corrected chi connectivity index (χ2v) is 4.14. The van der Waals surface area contributed by atoms with Crippen molar-refractivity contribution < 1.29 is 4.74 Å². The molecule has 17 heavy (non-hydrogen) atoms. The monoisotopic (exact) mass is 247 g/mol. The second-order valence-electron chi connectivity index (χ2n) is 3.73. The van der Waals surface area contributed by atoms with Crippen LogP contribution in [-0.4, -0.2) is 0 Å². The normalized spacial score (nSPS) is 10.2. The first kappa shape index (κ1) is 12.0. The van der Waals surface area contributed by atoms with Crippen molar-refractivity contribution in [3.8, 4) is 5.75 Å². The molecule has 0 spiro atoms. The molecule has 0 saturated carbocycles. The Morgan fingerprint density at radius 1 is 1.06 bits per heavy atom. The van der Waals surface area contributed by atoms with Crippen molar-refractivity contribution >= 4 is 11.6 Å². The highest BCUT2D eigenvalue weighted by molar-refractivity contribution is 6.31. The minimum Gasteiger partial charge on any atom is -0.489 e. The van der Waals surface area contributed by atoms with E-state index in [0.717, 1.165) is 21.9 Å². The number of rotatable bonds is 4. The van der Waals surface area contributed by atoms with Gasteiger partial charge in [0.25, 0.3) is 0 Å². The minimum atomic E-state index is 0.466. The fraction of sp³-hybridized carbons (Fsp3) is 0.143. The van der Waals surface area contributed by atoms with Crippen LogP contribution in [0.4, 0.5) is 0 Å². The average molecular weight is 248 g/mol. The molecule has 2 nitrogen and oxygen atoms in total. The number of ether oxygens (including phenoxy) is 1. The third-order valence-electron chi connectivity index (χ3n) is 2.49. The Morgan fingerprint density at radius 2 is 1.88 bits per heavy atom. The molecule has 0 radical (unpaired) electrons. The summed E-state index contributed by atoms with van der Waals surface area (Å²) in [4.78, 5) is 0. The van der Waals surface area contributed by atoms with Crippen LogP contribution >= 0.6 is 11.6 Å². The van der Waals surface area contributed by atoms with Crippen LogP contribution in [0.25, 0.3) is 0 Å². The first-order valence-electron chi connectivity index (χ1n) is 5.45. The van der Waals surface area contributed by atoms with Crippen molar-refractivity contribution in [2.45, 2.75) is 13.2 Å². The van der Waals surface area contributed by atoms with E-state index in [1.807, 2.05) is 48.5 Å². The summed E-state index contributed by atoms with van der Waals surface area (Å²) in [6.45, 7) is 0.983. The summed E-state index contributed by atoms with van der Waals surface area (Å²) in [6, 6.07) is 15.4. The van der Waals surface area contributed by atoms with Crippen LogP contribution in [0.3, 0.4) is 0 Å². The van der Waals surface area contributed by atoms with Crippen molar-refractivity contribution in [1.82, 2.24) is 0 Å². The predicted molar refractivity (Wildman–Crippen MR) is 70.1 cm³/mol. The van der Waals surface area contributed by atoms with Crippen molar-refractivity contribution in [1.29, 1.82) is 0 Å². The largest absolute Gasteiger partial charge is 0.489 e. The van der Waals surface area contributed by atoms with Gasteiger partial charge in [-0.25, -0.2) is 0 Å². The molecule has 88 valence electrons. The van der Waals surface area contributed by atoms with Gasteiger partial charge in [0.1, 0.15) is 12.4 Å². The van der Waals surface area contributed by atoms with E-state index >= 15 is 0 Å². The van der Waals surface area contributed by atoms with E-state index in [4.69, 9.17) is 22.1 Å². The maximum Gasteiger partial charge on any atom is 0.120 e. The summed E-state index contributed by atoms with van der Waals surface area (Å²) in [5.41, 5.74) is 7.61. The lowest BCUT2D eigenvalue weighted by Crippen LogP contribution is -1.99. The van der Waals surface area contributed by atoms with E-state index in [-0.39, 0.29) is 0 Å². The first-order valence-corrected chi connectivity index (χ1v) is 5.82. The summed E-state index contributed by atoms with van der Waals surface area (Å²) in [7, 11) is 0. The molecule has 0 aromatic heterocycles. The molecule has 2 aromatic carbocycles. The third kappa shape index (κ3) is 3.22. The number of hydrogen-bond acceptors (Lipinski definition) is 2. The molecule has 0 bridgehead atoms. The molecule has 0 fully saturated rings. The molecule has 0 amide bonds. The Hall–Kier alpha value is -1.51. The van der Waals surface area contributed by atoms with Crippen molar-refractivity contribution in [2.24, 2.45) is 5.73 Å². The van der Waals surface area contributed by atoms with Crippen molar-refractivity contribution in [3.63, 3.8) is 0 Å². The molecule has 2 rings (SSSR count). The van der Waals surface area contributed by atoms with Crippen LogP contribution in [-0.2, 0) is 13.2 Å². The van der Waals surface area contributed by atoms with Gasteiger partial charge in [-0.2, -0.15) is 0 Å². The number of nitrogens with two attached hydrogens (primary N) is 1. The van der Waals surface area contributed by atoms with Crippen LogP contribution in [0.15, 0.2) is 48.5 Å². The molecule has 2 aromatic rings. The van der Waals surface area contributed by atoms with Gasteiger partial charge in [0.15, 0.2) is 0 Å². The van der Waals surface area contributed by atoms with Gasteiger partial charge >= 0.3 is 0 Å². The highest BCUT2D eigenvalue weighted by Gasteiger charge is 2.00. The zero-order valence-corrected chi connectivity index (χ0v) is 10.2. The van der Waals surface area contributed by atoms with Crippen molar-refractivity contribution in [2.75, 3.05) is 0 Å². The van der Waals surface area contributed by atoms with Gasteiger partial charge in [-0.3, -0.25) is 0 Å². The highest BCUT2D eigenvalue weighted by atomic mass is 35.5. The van der Waals surface area contributed by atoms with Crippen LogP contribution in [0.5, 0.6) is 5.75 Å². The molecule has 0 heterocycles. The number of hydrogen-bond donors (Lipinski definition) is 1. The number of halogens is 1. The highest BCUT2D eigenvalue weighted by Crippen LogP contribution is 2.19. The Bertz CT molecular complexity index is 499. The maximum absolute atomic E-state index is 6.05. The van der Waals surface area contributed by atoms with Crippen LogP contribution in [0.1, 0.15) is 11.1 Å². The van der Waals surface area contributed by atoms with E-state index in [1.165, 1.54) is 0 Å². The molecule has 0 aliphatic rings. The molecular weight excluding hydrogens is 234 g/mol. The zero-order valence-electron chi connectivity index (χ0n) is 9.40. The van der Waals surface area contributed by atoms with Gasteiger partial charge in [-0.15, -0.1) is 0 Å². The Kier molecular flexibility index (Phi) is 4.02. The Labute approximate surface area is 106 Å². The molecule has 0 aliphatic heterocycles. The minimum absolute atomic E-state index is 0.466. The van der Waals surface area contributed by atoms with Gasteiger partial charge in [-0.1, -0.05) is 41.9 Å². The van der Waals surface area contributed by atoms with E-state index in [1.54, 1.807) is 0 Å². The zero-order chi connectivity index (χ0) is 12.1. The van der Waals surface area contributed by atoms with E-state index < -0.39 is 0 Å². The standard InChI is InChI=1S/C14H14ClNO/c15-14-7-2-1-5-12(14)10-17-13-6-3-4-11(8-13)9-16/h1-8H,9-10,16H2. The summed E-state index contributed by atoms with van der Waals surface area (Å²) in [5, 5.41) is 0.725. The quantitative estimate of drug-likeness (QED) is 0.899. The van der Waals surface area contributed by atoms with E-state index in [9.17, 15) is 0 Å². The maximum atomic E-state index is 6.05. The summed E-state index contributed by atoms with van der Waals surface area (Å²) < 4.78 is 5.68. The summed E-state index contributed by atoms with van der Waals surface area (Å²) >= 11 is 6.05. The SMILES string of the molecule is NCc1cccc(OCc2ccccc2Cl)c1. The Morgan fingerprint density at radius 3 is 2.65 bits per heavy atom. The molecule has 0 saturated heterocycles. The topological polar surface area (TPSA) is 35.2 Å². The number of benzene rings is 2. The molecule has 0 aliphatic carbocycles. The van der Waals surface area contributed by atoms with Gasteiger partial charge < -0.3 is 10.5 Å². The van der Waals surface area contributed by atoms with Gasteiger partial charge in [0.2, 0.25) is 0 Å². The Balaban J connectivity index is 2.05. The predicted octanol–water partition coefficient (Wildman–Crippen LogP) is 3.38. The van der Waals surface area contributed by atoms with Gasteiger partial charge in [-0.05, 0) is 23.8 Å². The second kappa shape index (κ2) is 5.71. The fourth-order valence-corrected chi connectivity index (χ4v) is 1.73. The summed E-state index contributed by atoms with van der Waals surface area (Å²) in [6.07, 6.45) is 0. The first-order chi connectivity index (χ1) is 8.29. The van der Waals surface area contributed by atoms with E-state index in [0.29, 0.717) is 13.2 Å². The molecule has 2 N–H and O–H groups in total. The molecule has 0 unspecified atom stereocenters. The molecule has 0 atom stereocenters. The lowest BCUT2D eigenvalue weighted by Gasteiger charge is -2.08. The lowest BCUT2D eigenvalue weighted by atomic mass is 10.2. The molecular formula is C14H14ClNO. The van der Waals surface area contributed by atoms with Gasteiger partial charge in [0.05, 0.1) is 0 Å². The third-order valence-corrected chi connectivity index (χ3v) is 2.86. The summed E-state index contributed by atoms with van der Waals surface area (Å²) in [5.74, 6) is 0.813. The van der Waals surface area contributed by atoms with Crippen LogP contribution in [0.2, 0.25) is 5.02 Å². The van der Waals surface area contributed by atoms with Crippen LogP contribution < -0.4 is 10.5 Å². The van der Waals surface area contributed by atoms with Crippen molar-refractivity contribution in [3.05, 3.63) is 64.7 Å². The van der Waals surface area contributed by atoms with Gasteiger partial charge in [0, 0.05) is 17.1 Å². The fourth-order valence-electron chi connectivity index (χ4n) is 1.54. The van der Waals surface area contributed by atoms with E-state index in [2.05, 4.69) is 0 Å². The smallest absolute Gasteiger partial charge is 0.120 e. The molecule has 3 heteroatoms. The average Bonchev–Trinajstić information content (AvgIpc) is 2.38. The van der Waals surface area contributed by atoms with Crippen LogP contribution in [0, 0.1) is 0 Å².